The van der Waals surface area contributed by atoms with Gasteiger partial charge < -0.3 is 9.84 Å². The number of fused-ring (bicyclic) bond motifs is 1. The Balaban J connectivity index is 1.84. The summed E-state index contributed by atoms with van der Waals surface area (Å²) in [6, 6.07) is 6.36. The number of aryl methyl sites for hydroxylation is 1. The van der Waals surface area contributed by atoms with Crippen LogP contribution in [0.3, 0.4) is 0 Å². The van der Waals surface area contributed by atoms with E-state index >= 15 is 0 Å². The predicted octanol–water partition coefficient (Wildman–Crippen LogP) is 3.24. The predicted molar refractivity (Wildman–Crippen MR) is 69.4 cm³/mol. The number of ether oxygens (including phenoxy) is 1. The monoisotopic (exact) mass is 234 g/mol. The minimum absolute atomic E-state index is 0.158. The van der Waals surface area contributed by atoms with E-state index in [1.165, 1.54) is 11.1 Å². The maximum absolute atomic E-state index is 9.72. The van der Waals surface area contributed by atoms with Crippen LogP contribution in [0.15, 0.2) is 18.2 Å². The lowest BCUT2D eigenvalue weighted by Gasteiger charge is -2.13. The highest BCUT2D eigenvalue weighted by Crippen LogP contribution is 2.31. The Kier molecular flexibility index (Phi) is 4.06. The fourth-order valence-electron chi connectivity index (χ4n) is 2.47. The molecule has 1 aromatic rings. The van der Waals surface area contributed by atoms with Crippen molar-refractivity contribution >= 4 is 0 Å². The van der Waals surface area contributed by atoms with Crippen LogP contribution in [-0.4, -0.2) is 17.3 Å². The Hall–Kier alpha value is -1.02. The van der Waals surface area contributed by atoms with Crippen LogP contribution in [0.4, 0.5) is 0 Å². The van der Waals surface area contributed by atoms with Gasteiger partial charge in [-0.2, -0.15) is 0 Å². The summed E-state index contributed by atoms with van der Waals surface area (Å²) in [5.74, 6) is 1.03. The molecule has 1 N–H and O–H groups in total. The lowest BCUT2D eigenvalue weighted by Crippen LogP contribution is -2.16. The van der Waals surface area contributed by atoms with E-state index in [4.69, 9.17) is 4.74 Å². The molecule has 2 atom stereocenters. The van der Waals surface area contributed by atoms with Gasteiger partial charge in [-0.3, -0.25) is 0 Å². The molecule has 94 valence electrons. The zero-order valence-electron chi connectivity index (χ0n) is 10.8. The summed E-state index contributed by atoms with van der Waals surface area (Å²) in [5.41, 5.74) is 2.61. The van der Waals surface area contributed by atoms with E-state index in [-0.39, 0.29) is 12.2 Å². The SMILES string of the molecule is CCCC(O)CCC1Cc2cc(C)ccc2O1. The maximum Gasteiger partial charge on any atom is 0.123 e. The average molecular weight is 234 g/mol. The van der Waals surface area contributed by atoms with Gasteiger partial charge in [0, 0.05) is 6.42 Å². The largest absolute Gasteiger partial charge is 0.490 e. The van der Waals surface area contributed by atoms with Crippen molar-refractivity contribution < 1.29 is 9.84 Å². The quantitative estimate of drug-likeness (QED) is 0.847. The van der Waals surface area contributed by atoms with Gasteiger partial charge in [0.2, 0.25) is 0 Å². The van der Waals surface area contributed by atoms with E-state index in [0.29, 0.717) is 0 Å². The van der Waals surface area contributed by atoms with Gasteiger partial charge in [0.1, 0.15) is 11.9 Å². The Morgan fingerprint density at radius 1 is 1.41 bits per heavy atom. The zero-order valence-corrected chi connectivity index (χ0v) is 10.8. The van der Waals surface area contributed by atoms with E-state index in [9.17, 15) is 5.11 Å². The molecule has 0 aromatic heterocycles. The van der Waals surface area contributed by atoms with E-state index in [1.807, 2.05) is 0 Å². The molecular weight excluding hydrogens is 212 g/mol. The number of hydrogen-bond acceptors (Lipinski definition) is 2. The first-order chi connectivity index (χ1) is 8.19. The fraction of sp³-hybridized carbons (Fsp3) is 0.600. The number of rotatable bonds is 5. The van der Waals surface area contributed by atoms with Crippen molar-refractivity contribution in [2.75, 3.05) is 0 Å². The van der Waals surface area contributed by atoms with E-state index < -0.39 is 0 Å². The smallest absolute Gasteiger partial charge is 0.123 e. The van der Waals surface area contributed by atoms with Crippen molar-refractivity contribution in [1.29, 1.82) is 0 Å². The topological polar surface area (TPSA) is 29.5 Å². The van der Waals surface area contributed by atoms with Gasteiger partial charge >= 0.3 is 0 Å². The number of aliphatic hydroxyl groups excluding tert-OH is 1. The molecule has 0 saturated carbocycles. The van der Waals surface area contributed by atoms with Gasteiger partial charge in [0.15, 0.2) is 0 Å². The van der Waals surface area contributed by atoms with Crippen molar-refractivity contribution in [3.63, 3.8) is 0 Å². The van der Waals surface area contributed by atoms with Gasteiger partial charge in [-0.15, -0.1) is 0 Å². The molecule has 0 amide bonds. The van der Waals surface area contributed by atoms with Crippen LogP contribution < -0.4 is 4.74 Å². The standard InChI is InChI=1S/C15H22O2/c1-3-4-13(16)6-7-14-10-12-9-11(2)5-8-15(12)17-14/h5,8-9,13-14,16H,3-4,6-7,10H2,1-2H3. The van der Waals surface area contributed by atoms with Gasteiger partial charge in [-0.1, -0.05) is 31.0 Å². The molecule has 2 nitrogen and oxygen atoms in total. The highest BCUT2D eigenvalue weighted by Gasteiger charge is 2.23. The van der Waals surface area contributed by atoms with Crippen molar-refractivity contribution in [3.8, 4) is 5.75 Å². The highest BCUT2D eigenvalue weighted by molar-refractivity contribution is 5.40. The molecule has 2 unspecified atom stereocenters. The normalized spacial score (nSPS) is 19.8. The Bertz CT molecular complexity index is 373. The molecule has 0 saturated heterocycles. The summed E-state index contributed by atoms with van der Waals surface area (Å²) < 4.78 is 5.88. The number of aliphatic hydroxyl groups is 1. The second kappa shape index (κ2) is 5.54. The van der Waals surface area contributed by atoms with Gasteiger partial charge in [0.25, 0.3) is 0 Å². The van der Waals surface area contributed by atoms with Crippen molar-refractivity contribution in [2.45, 2.75) is 58.2 Å². The minimum Gasteiger partial charge on any atom is -0.490 e. The van der Waals surface area contributed by atoms with E-state index in [2.05, 4.69) is 32.0 Å². The highest BCUT2D eigenvalue weighted by atomic mass is 16.5. The molecule has 17 heavy (non-hydrogen) atoms. The van der Waals surface area contributed by atoms with Crippen LogP contribution in [0.25, 0.3) is 0 Å². The summed E-state index contributed by atoms with van der Waals surface area (Å²) in [7, 11) is 0. The first kappa shape index (κ1) is 12.4. The molecule has 1 aliphatic heterocycles. The molecule has 1 aromatic carbocycles. The van der Waals surface area contributed by atoms with Crippen molar-refractivity contribution in [3.05, 3.63) is 29.3 Å². The van der Waals surface area contributed by atoms with Crippen molar-refractivity contribution in [1.82, 2.24) is 0 Å². The van der Waals surface area contributed by atoms with Crippen LogP contribution in [-0.2, 0) is 6.42 Å². The van der Waals surface area contributed by atoms with Crippen molar-refractivity contribution in [2.24, 2.45) is 0 Å². The van der Waals surface area contributed by atoms with Crippen LogP contribution in [0.5, 0.6) is 5.75 Å². The van der Waals surface area contributed by atoms with Gasteiger partial charge in [0.05, 0.1) is 6.10 Å². The molecule has 0 fully saturated rings. The molecule has 1 heterocycles. The molecule has 0 radical (unpaired) electrons. The third kappa shape index (κ3) is 3.22. The molecule has 2 rings (SSSR count). The molecule has 0 aliphatic carbocycles. The van der Waals surface area contributed by atoms with E-state index in [0.717, 1.165) is 37.9 Å². The van der Waals surface area contributed by atoms with Crippen LogP contribution in [0.1, 0.15) is 43.7 Å². The summed E-state index contributed by atoms with van der Waals surface area (Å²) in [4.78, 5) is 0. The molecule has 1 aliphatic rings. The Labute approximate surface area is 104 Å². The first-order valence-corrected chi connectivity index (χ1v) is 6.63. The van der Waals surface area contributed by atoms with E-state index in [1.54, 1.807) is 0 Å². The van der Waals surface area contributed by atoms with Crippen LogP contribution in [0, 0.1) is 6.92 Å². The second-order valence-corrected chi connectivity index (χ2v) is 5.08. The maximum atomic E-state index is 9.72. The average Bonchev–Trinajstić information content (AvgIpc) is 2.68. The van der Waals surface area contributed by atoms with Crippen LogP contribution >= 0.6 is 0 Å². The Morgan fingerprint density at radius 3 is 3.00 bits per heavy atom. The van der Waals surface area contributed by atoms with Gasteiger partial charge in [-0.25, -0.2) is 0 Å². The zero-order chi connectivity index (χ0) is 12.3. The molecule has 0 spiro atoms. The van der Waals surface area contributed by atoms with Crippen LogP contribution in [0.2, 0.25) is 0 Å². The molecule has 0 bridgehead atoms. The minimum atomic E-state index is -0.158. The fourth-order valence-corrected chi connectivity index (χ4v) is 2.47. The lowest BCUT2D eigenvalue weighted by molar-refractivity contribution is 0.126. The third-order valence-electron chi connectivity index (χ3n) is 3.40. The molecule has 2 heteroatoms. The van der Waals surface area contributed by atoms with Gasteiger partial charge in [-0.05, 0) is 37.8 Å². The number of benzene rings is 1. The molecular formula is C15H22O2. The first-order valence-electron chi connectivity index (χ1n) is 6.63. The summed E-state index contributed by atoms with van der Waals surface area (Å²) in [6.45, 7) is 4.21. The Morgan fingerprint density at radius 2 is 2.24 bits per heavy atom. The summed E-state index contributed by atoms with van der Waals surface area (Å²) >= 11 is 0. The summed E-state index contributed by atoms with van der Waals surface area (Å²) in [5, 5.41) is 9.72. The second-order valence-electron chi connectivity index (χ2n) is 5.08. The lowest BCUT2D eigenvalue weighted by atomic mass is 10.0. The third-order valence-corrected chi connectivity index (χ3v) is 3.40. The number of hydrogen-bond donors (Lipinski definition) is 1. The summed E-state index contributed by atoms with van der Waals surface area (Å²) in [6.07, 6.45) is 4.86.